The van der Waals surface area contributed by atoms with Gasteiger partial charge >= 0.3 is 0 Å². The Balaban J connectivity index is 2.15. The minimum absolute atomic E-state index is 0.00220. The minimum Gasteiger partial charge on any atom is -0.396 e. The highest BCUT2D eigenvalue weighted by molar-refractivity contribution is 5.75. The topological polar surface area (TPSA) is 58.6 Å². The van der Waals surface area contributed by atoms with Crippen LogP contribution in [0.25, 0.3) is 0 Å². The van der Waals surface area contributed by atoms with E-state index in [2.05, 4.69) is 5.32 Å². The van der Waals surface area contributed by atoms with Crippen LogP contribution in [0.4, 0.5) is 0 Å². The average molecular weight is 201 g/mol. The number of aliphatic hydroxyl groups excluding tert-OH is 1. The van der Waals surface area contributed by atoms with E-state index in [9.17, 15) is 4.79 Å². The maximum Gasteiger partial charge on any atom is 0.220 e. The number of hydrogen-bond acceptors (Lipinski definition) is 3. The van der Waals surface area contributed by atoms with Crippen molar-refractivity contribution < 1.29 is 14.6 Å². The van der Waals surface area contributed by atoms with Crippen LogP contribution in [0.5, 0.6) is 0 Å². The summed E-state index contributed by atoms with van der Waals surface area (Å²) in [4.78, 5) is 11.2. The van der Waals surface area contributed by atoms with E-state index in [1.54, 1.807) is 7.11 Å². The highest BCUT2D eigenvalue weighted by Gasteiger charge is 2.36. The summed E-state index contributed by atoms with van der Waals surface area (Å²) in [6.07, 6.45) is 4.18. The largest absolute Gasteiger partial charge is 0.396 e. The van der Waals surface area contributed by atoms with E-state index in [0.29, 0.717) is 19.4 Å². The number of carbonyl (C=O) groups excluding carboxylic acids is 1. The summed E-state index contributed by atoms with van der Waals surface area (Å²) >= 11 is 0. The van der Waals surface area contributed by atoms with Gasteiger partial charge in [0.05, 0.1) is 5.60 Å². The molecule has 82 valence electrons. The Morgan fingerprint density at radius 3 is 2.71 bits per heavy atom. The third kappa shape index (κ3) is 2.96. The summed E-state index contributed by atoms with van der Waals surface area (Å²) in [6, 6.07) is 0. The Morgan fingerprint density at radius 1 is 1.57 bits per heavy atom. The molecule has 4 nitrogen and oxygen atoms in total. The number of hydrogen-bond donors (Lipinski definition) is 2. The van der Waals surface area contributed by atoms with Crippen LogP contribution in [-0.4, -0.2) is 36.9 Å². The van der Waals surface area contributed by atoms with E-state index in [4.69, 9.17) is 9.84 Å². The molecule has 0 saturated heterocycles. The quantitative estimate of drug-likeness (QED) is 0.655. The Bertz CT molecular complexity index is 184. The second kappa shape index (κ2) is 5.32. The normalized spacial score (nSPS) is 18.7. The second-order valence-electron chi connectivity index (χ2n) is 3.84. The molecule has 1 aliphatic carbocycles. The smallest absolute Gasteiger partial charge is 0.220 e. The van der Waals surface area contributed by atoms with Crippen LogP contribution in [0.2, 0.25) is 0 Å². The minimum atomic E-state index is -0.102. The lowest BCUT2D eigenvalue weighted by molar-refractivity contribution is -0.125. The Labute approximate surface area is 84.6 Å². The maximum atomic E-state index is 11.2. The number of carbonyl (C=O) groups is 1. The molecular formula is C10H19NO3. The maximum absolute atomic E-state index is 11.2. The fraction of sp³-hybridized carbons (Fsp3) is 0.900. The highest BCUT2D eigenvalue weighted by Crippen LogP contribution is 2.34. The molecule has 0 radical (unpaired) electrons. The van der Waals surface area contributed by atoms with Crippen LogP contribution in [0, 0.1) is 0 Å². The molecule has 1 amide bonds. The standard InChI is InChI=1S/C10H19NO3/c1-14-10(5-3-6-10)8-11-9(13)4-2-7-12/h12H,2-8H2,1H3,(H,11,13). The van der Waals surface area contributed by atoms with Gasteiger partial charge in [0.1, 0.15) is 0 Å². The molecule has 1 fully saturated rings. The highest BCUT2D eigenvalue weighted by atomic mass is 16.5. The molecule has 1 aliphatic rings. The van der Waals surface area contributed by atoms with Gasteiger partial charge in [0.2, 0.25) is 5.91 Å². The predicted octanol–water partition coefficient (Wildman–Crippen LogP) is 0.444. The summed E-state index contributed by atoms with van der Waals surface area (Å²) in [5.41, 5.74) is -0.102. The molecule has 0 spiro atoms. The SMILES string of the molecule is COC1(CNC(=O)CCCO)CCC1. The van der Waals surface area contributed by atoms with E-state index in [0.717, 1.165) is 12.8 Å². The van der Waals surface area contributed by atoms with Crippen LogP contribution in [0.15, 0.2) is 0 Å². The summed E-state index contributed by atoms with van der Waals surface area (Å²) in [5, 5.41) is 11.4. The van der Waals surface area contributed by atoms with Crippen LogP contribution in [0.3, 0.4) is 0 Å². The van der Waals surface area contributed by atoms with Crippen molar-refractivity contribution in [2.24, 2.45) is 0 Å². The van der Waals surface area contributed by atoms with Gasteiger partial charge in [-0.15, -0.1) is 0 Å². The molecule has 0 bridgehead atoms. The van der Waals surface area contributed by atoms with Crippen LogP contribution in [-0.2, 0) is 9.53 Å². The summed E-state index contributed by atoms with van der Waals surface area (Å²) in [7, 11) is 1.69. The molecule has 2 N–H and O–H groups in total. The van der Waals surface area contributed by atoms with Gasteiger partial charge in [0.15, 0.2) is 0 Å². The Hall–Kier alpha value is -0.610. The van der Waals surface area contributed by atoms with Crippen molar-refractivity contribution in [1.82, 2.24) is 5.32 Å². The van der Waals surface area contributed by atoms with E-state index in [1.807, 2.05) is 0 Å². The van der Waals surface area contributed by atoms with Gasteiger partial charge in [-0.2, -0.15) is 0 Å². The zero-order valence-corrected chi connectivity index (χ0v) is 8.71. The van der Waals surface area contributed by atoms with Crippen molar-refractivity contribution in [3.8, 4) is 0 Å². The number of ether oxygens (including phenoxy) is 1. The lowest BCUT2D eigenvalue weighted by Gasteiger charge is -2.40. The summed E-state index contributed by atoms with van der Waals surface area (Å²) in [6.45, 7) is 0.677. The van der Waals surface area contributed by atoms with E-state index in [1.165, 1.54) is 6.42 Å². The van der Waals surface area contributed by atoms with Crippen molar-refractivity contribution in [1.29, 1.82) is 0 Å². The molecule has 0 aromatic heterocycles. The molecule has 0 aromatic rings. The van der Waals surface area contributed by atoms with Crippen molar-refractivity contribution >= 4 is 5.91 Å². The van der Waals surface area contributed by atoms with Crippen molar-refractivity contribution in [3.05, 3.63) is 0 Å². The number of aliphatic hydroxyl groups is 1. The first-order chi connectivity index (χ1) is 6.72. The van der Waals surface area contributed by atoms with Gasteiger partial charge in [-0.25, -0.2) is 0 Å². The van der Waals surface area contributed by atoms with Crippen molar-refractivity contribution in [3.63, 3.8) is 0 Å². The first-order valence-electron chi connectivity index (χ1n) is 5.15. The Morgan fingerprint density at radius 2 is 2.29 bits per heavy atom. The van der Waals surface area contributed by atoms with Crippen molar-refractivity contribution in [2.75, 3.05) is 20.3 Å². The zero-order chi connectivity index (χ0) is 10.4. The molecular weight excluding hydrogens is 182 g/mol. The molecule has 0 atom stereocenters. The van der Waals surface area contributed by atoms with E-state index < -0.39 is 0 Å². The molecule has 1 saturated carbocycles. The van der Waals surface area contributed by atoms with E-state index in [-0.39, 0.29) is 18.1 Å². The average Bonchev–Trinajstić information content (AvgIpc) is 2.14. The first kappa shape index (κ1) is 11.5. The van der Waals surface area contributed by atoms with Gasteiger partial charge in [-0.05, 0) is 25.7 Å². The number of nitrogens with one attached hydrogen (secondary N) is 1. The third-order valence-corrected chi connectivity index (χ3v) is 2.87. The second-order valence-corrected chi connectivity index (χ2v) is 3.84. The van der Waals surface area contributed by atoms with Gasteiger partial charge in [-0.1, -0.05) is 0 Å². The molecule has 0 aromatic carbocycles. The monoisotopic (exact) mass is 201 g/mol. The number of methoxy groups -OCH3 is 1. The van der Waals surface area contributed by atoms with Crippen LogP contribution >= 0.6 is 0 Å². The summed E-state index contributed by atoms with van der Waals surface area (Å²) < 4.78 is 5.36. The molecule has 0 heterocycles. The molecule has 1 rings (SSSR count). The predicted molar refractivity (Wildman–Crippen MR) is 52.9 cm³/mol. The zero-order valence-electron chi connectivity index (χ0n) is 8.71. The molecule has 14 heavy (non-hydrogen) atoms. The van der Waals surface area contributed by atoms with Crippen LogP contribution in [0.1, 0.15) is 32.1 Å². The lowest BCUT2D eigenvalue weighted by atomic mass is 9.80. The van der Waals surface area contributed by atoms with E-state index >= 15 is 0 Å². The van der Waals surface area contributed by atoms with Gasteiger partial charge in [-0.3, -0.25) is 4.79 Å². The Kier molecular flexibility index (Phi) is 4.35. The fourth-order valence-corrected chi connectivity index (χ4v) is 1.61. The van der Waals surface area contributed by atoms with Gasteiger partial charge in [0.25, 0.3) is 0 Å². The third-order valence-electron chi connectivity index (χ3n) is 2.87. The molecule has 0 aliphatic heterocycles. The fourth-order valence-electron chi connectivity index (χ4n) is 1.61. The molecule has 0 unspecified atom stereocenters. The van der Waals surface area contributed by atoms with Crippen LogP contribution < -0.4 is 5.32 Å². The summed E-state index contributed by atoms with van der Waals surface area (Å²) in [5.74, 6) is 0.00220. The van der Waals surface area contributed by atoms with Gasteiger partial charge < -0.3 is 15.2 Å². The number of amides is 1. The number of rotatable bonds is 6. The lowest BCUT2D eigenvalue weighted by Crippen LogP contribution is -2.49. The molecule has 4 heteroatoms. The van der Waals surface area contributed by atoms with Gasteiger partial charge in [0, 0.05) is 26.7 Å². The first-order valence-corrected chi connectivity index (χ1v) is 5.15. The van der Waals surface area contributed by atoms with Crippen molar-refractivity contribution in [2.45, 2.75) is 37.7 Å².